The van der Waals surface area contributed by atoms with E-state index in [2.05, 4.69) is 47.7 Å². The van der Waals surface area contributed by atoms with Crippen molar-refractivity contribution in [3.05, 3.63) is 92.6 Å². The number of aliphatic carboxylic acids is 1. The molecule has 302 valence electrons. The Morgan fingerprint density at radius 3 is 1.83 bits per heavy atom. The number of hydrogen-bond donors (Lipinski definition) is 3. The van der Waals surface area contributed by atoms with Gasteiger partial charge in [-0.15, -0.1) is 22.7 Å². The zero-order valence-corrected chi connectivity index (χ0v) is 35.3. The van der Waals surface area contributed by atoms with Crippen LogP contribution in [-0.2, 0) is 35.3 Å². The third-order valence-corrected chi connectivity index (χ3v) is 14.0. The van der Waals surface area contributed by atoms with E-state index in [0.29, 0.717) is 35.1 Å². The number of carbonyl (C=O) groups excluding carboxylic acids is 1. The Hall–Kier alpha value is -5.42. The third-order valence-electron chi connectivity index (χ3n) is 11.1. The van der Waals surface area contributed by atoms with Crippen molar-refractivity contribution in [2.24, 2.45) is 11.8 Å². The molecule has 0 saturated heterocycles. The van der Waals surface area contributed by atoms with Crippen LogP contribution in [0.4, 0.5) is 23.0 Å². The second kappa shape index (κ2) is 16.3. The Morgan fingerprint density at radius 1 is 0.814 bits per heavy atom. The summed E-state index contributed by atoms with van der Waals surface area (Å²) in [6.07, 6.45) is 16.6. The van der Waals surface area contributed by atoms with Gasteiger partial charge in [-0.05, 0) is 80.3 Å². The summed E-state index contributed by atoms with van der Waals surface area (Å²) in [5, 5.41) is 27.6. The highest BCUT2D eigenvalue weighted by Gasteiger charge is 2.31. The monoisotopic (exact) mass is 867 g/mol. The number of nitrogens with one attached hydrogen (secondary N) is 2. The number of hydrogen-bond acceptors (Lipinski definition) is 12. The molecule has 18 heteroatoms. The molecule has 8 aromatic heterocycles. The van der Waals surface area contributed by atoms with E-state index in [4.69, 9.17) is 23.2 Å². The van der Waals surface area contributed by atoms with E-state index in [9.17, 15) is 14.7 Å². The lowest BCUT2D eigenvalue weighted by Crippen LogP contribution is -2.36. The maximum absolute atomic E-state index is 12.9. The number of carboxylic acids is 1. The van der Waals surface area contributed by atoms with Crippen LogP contribution in [0.2, 0.25) is 10.0 Å². The van der Waals surface area contributed by atoms with Gasteiger partial charge >= 0.3 is 5.97 Å². The van der Waals surface area contributed by atoms with Crippen molar-refractivity contribution >= 4 is 112 Å². The summed E-state index contributed by atoms with van der Waals surface area (Å²) in [7, 11) is 1.92. The molecule has 0 spiro atoms. The molecule has 2 aliphatic carbocycles. The van der Waals surface area contributed by atoms with Crippen LogP contribution in [0.1, 0.15) is 53.5 Å². The van der Waals surface area contributed by atoms with Crippen molar-refractivity contribution in [3.63, 3.8) is 0 Å². The van der Waals surface area contributed by atoms with Gasteiger partial charge in [-0.3, -0.25) is 9.59 Å². The van der Waals surface area contributed by atoms with Gasteiger partial charge in [0, 0.05) is 54.1 Å². The average Bonchev–Trinajstić information content (AvgIpc) is 4.04. The van der Waals surface area contributed by atoms with Crippen LogP contribution in [0.15, 0.2) is 61.7 Å². The fourth-order valence-electron chi connectivity index (χ4n) is 7.98. The molecule has 8 heterocycles. The highest BCUT2D eigenvalue weighted by molar-refractivity contribution is 7.19. The number of aromatic nitrogens is 8. The van der Waals surface area contributed by atoms with Crippen molar-refractivity contribution in [3.8, 4) is 0 Å². The van der Waals surface area contributed by atoms with Gasteiger partial charge in [0.15, 0.2) is 0 Å². The molecule has 1 amide bonds. The molecule has 0 unspecified atom stereocenters. The first-order valence-electron chi connectivity index (χ1n) is 19.4. The summed E-state index contributed by atoms with van der Waals surface area (Å²) in [6, 6.07) is 7.71. The van der Waals surface area contributed by atoms with Gasteiger partial charge in [-0.25, -0.2) is 29.0 Å². The molecule has 0 aliphatic heterocycles. The lowest BCUT2D eigenvalue weighted by atomic mass is 9.87. The number of amides is 1. The molecule has 10 rings (SSSR count). The maximum Gasteiger partial charge on any atom is 0.306 e. The van der Waals surface area contributed by atoms with Crippen molar-refractivity contribution < 1.29 is 14.7 Å². The third kappa shape index (κ3) is 7.65. The highest BCUT2D eigenvalue weighted by Crippen LogP contribution is 2.43. The van der Waals surface area contributed by atoms with Gasteiger partial charge in [0.1, 0.15) is 34.0 Å². The Bertz CT molecular complexity index is 2890. The molecule has 14 nitrogen and oxygen atoms in total. The van der Waals surface area contributed by atoms with E-state index in [1.807, 2.05) is 36.2 Å². The summed E-state index contributed by atoms with van der Waals surface area (Å²) in [5.41, 5.74) is 5.80. The summed E-state index contributed by atoms with van der Waals surface area (Å²) in [4.78, 5) is 48.2. The number of carbonyl (C=O) groups is 2. The zero-order valence-electron chi connectivity index (χ0n) is 32.2. The van der Waals surface area contributed by atoms with Gasteiger partial charge in [0.2, 0.25) is 5.91 Å². The number of fused-ring (bicyclic) bond motifs is 8. The highest BCUT2D eigenvalue weighted by atomic mass is 35.5. The Labute approximate surface area is 356 Å². The molecule has 59 heavy (non-hydrogen) atoms. The number of aryl methyl sites for hydroxylation is 2. The van der Waals surface area contributed by atoms with E-state index in [1.54, 1.807) is 62.8 Å². The standard InChI is InChI=1S/C23H25ClN6OS.C18H14ClN5O2S/c1-3-4-9-29(2)23(31)14-5-6-16-19(10-14)32-22-20(16)21(25-13-26-22)28-18-11-15-7-8-27-30(15)12-17(18)24;19-12-7-24-10(3-4-22-24)6-13(12)23-16-15-11-2-1-9(18(25)26)5-14(11)27-17(15)21-8-20-16/h7-8,11-14H,3-6,9-10H2,1-2H3,(H,25,26,28);3-4,6-9H,1-2,5H2,(H,25,26)(H,20,21,23)/t14-;9-/m00/s1. The van der Waals surface area contributed by atoms with Crippen LogP contribution in [0.3, 0.4) is 0 Å². The van der Waals surface area contributed by atoms with Gasteiger partial charge in [-0.1, -0.05) is 36.5 Å². The first-order chi connectivity index (χ1) is 28.6. The first kappa shape index (κ1) is 39.1. The van der Waals surface area contributed by atoms with E-state index in [0.717, 1.165) is 97.7 Å². The lowest BCUT2D eigenvalue weighted by molar-refractivity contribution is -0.142. The fourth-order valence-corrected chi connectivity index (χ4v) is 10.9. The minimum atomic E-state index is -0.733. The molecule has 2 aliphatic rings. The van der Waals surface area contributed by atoms with E-state index in [1.165, 1.54) is 16.8 Å². The molecule has 3 N–H and O–H groups in total. The molecule has 8 aromatic rings. The summed E-state index contributed by atoms with van der Waals surface area (Å²) >= 11 is 16.1. The number of pyridine rings is 2. The maximum atomic E-state index is 12.9. The Kier molecular flexibility index (Phi) is 10.8. The molecule has 0 aromatic carbocycles. The Balaban J connectivity index is 0.000000154. The predicted octanol–water partition coefficient (Wildman–Crippen LogP) is 9.02. The lowest BCUT2D eigenvalue weighted by Gasteiger charge is -2.26. The summed E-state index contributed by atoms with van der Waals surface area (Å²) in [6.45, 7) is 2.98. The second-order valence-electron chi connectivity index (χ2n) is 14.9. The SMILES string of the molecule is CCCCN(C)C(=O)[C@H]1CCc2c(sc3ncnc(Nc4cc5ccnn5cc4Cl)c23)C1.O=C(O)[C@H]1CCc2c(sc3ncnc(Nc4cc5ccnn5cc4Cl)c23)C1. The van der Waals surface area contributed by atoms with E-state index >= 15 is 0 Å². The fraction of sp³-hybridized carbons (Fsp3) is 0.317. The largest absolute Gasteiger partial charge is 0.481 e. The van der Waals surface area contributed by atoms with Crippen molar-refractivity contribution in [1.29, 1.82) is 0 Å². The first-order valence-corrected chi connectivity index (χ1v) is 21.8. The van der Waals surface area contributed by atoms with Crippen molar-refractivity contribution in [2.45, 2.75) is 58.3 Å². The number of halogens is 2. The molecule has 0 saturated carbocycles. The van der Waals surface area contributed by atoms with Crippen molar-refractivity contribution in [2.75, 3.05) is 24.2 Å². The smallest absolute Gasteiger partial charge is 0.306 e. The molecular weight excluding hydrogens is 830 g/mol. The molecule has 0 bridgehead atoms. The van der Waals surface area contributed by atoms with Crippen LogP contribution >= 0.6 is 45.9 Å². The van der Waals surface area contributed by atoms with Crippen LogP contribution in [-0.4, -0.2) is 74.6 Å². The number of nitrogens with zero attached hydrogens (tertiary/aromatic N) is 9. The average molecular weight is 869 g/mol. The van der Waals surface area contributed by atoms with Gasteiger partial charge in [-0.2, -0.15) is 10.2 Å². The Morgan fingerprint density at radius 2 is 1.32 bits per heavy atom. The number of anilines is 4. The quantitative estimate of drug-likeness (QED) is 0.127. The number of thiophene rings is 2. The van der Waals surface area contributed by atoms with Crippen LogP contribution in [0.5, 0.6) is 0 Å². The second-order valence-corrected chi connectivity index (χ2v) is 17.8. The topological polar surface area (TPSA) is 168 Å². The summed E-state index contributed by atoms with van der Waals surface area (Å²) < 4.78 is 3.45. The predicted molar refractivity (Wildman–Crippen MR) is 233 cm³/mol. The molecular formula is C41H39Cl2N11O3S2. The van der Waals surface area contributed by atoms with Gasteiger partial charge in [0.05, 0.1) is 49.1 Å². The van der Waals surface area contributed by atoms with E-state index in [-0.39, 0.29) is 17.7 Å². The van der Waals surface area contributed by atoms with Crippen LogP contribution in [0.25, 0.3) is 31.5 Å². The van der Waals surface area contributed by atoms with Crippen LogP contribution < -0.4 is 10.6 Å². The minimum Gasteiger partial charge on any atom is -0.481 e. The number of rotatable bonds is 9. The van der Waals surface area contributed by atoms with Crippen LogP contribution in [0, 0.1) is 11.8 Å². The molecule has 2 atom stereocenters. The number of unbranched alkanes of at least 4 members (excludes halogenated alkanes) is 1. The zero-order chi connectivity index (χ0) is 40.8. The number of carboxylic acid groups (broad SMARTS) is 1. The van der Waals surface area contributed by atoms with Gasteiger partial charge in [0.25, 0.3) is 0 Å². The molecule has 0 radical (unpaired) electrons. The van der Waals surface area contributed by atoms with Gasteiger partial charge < -0.3 is 20.6 Å². The van der Waals surface area contributed by atoms with Crippen molar-refractivity contribution in [1.82, 2.24) is 44.1 Å². The minimum absolute atomic E-state index is 0.0421. The molecule has 0 fully saturated rings. The summed E-state index contributed by atoms with van der Waals surface area (Å²) in [5.74, 6) is 0.685. The van der Waals surface area contributed by atoms with E-state index < -0.39 is 5.97 Å². The normalized spacial score (nSPS) is 16.1.